The van der Waals surface area contributed by atoms with E-state index in [4.69, 9.17) is 14.7 Å². The summed E-state index contributed by atoms with van der Waals surface area (Å²) in [5, 5.41) is 3.88. The van der Waals surface area contributed by atoms with E-state index >= 15 is 0 Å². The molecule has 7 heteroatoms. The molecule has 0 saturated carbocycles. The summed E-state index contributed by atoms with van der Waals surface area (Å²) in [6.07, 6.45) is 1.58. The van der Waals surface area contributed by atoms with E-state index in [1.54, 1.807) is 30.2 Å². The zero-order chi connectivity index (χ0) is 13.9. The van der Waals surface area contributed by atoms with Crippen LogP contribution in [0.15, 0.2) is 54.9 Å². The Morgan fingerprint density at radius 2 is 2.20 bits per heavy atom. The van der Waals surface area contributed by atoms with Gasteiger partial charge in [-0.05, 0) is 46.3 Å². The summed E-state index contributed by atoms with van der Waals surface area (Å²) in [5.74, 6) is 2.18. The molecule has 102 valence electrons. The van der Waals surface area contributed by atoms with E-state index in [2.05, 4.69) is 26.1 Å². The summed E-state index contributed by atoms with van der Waals surface area (Å²) >= 11 is 5.07. The van der Waals surface area contributed by atoms with Gasteiger partial charge in [-0.15, -0.1) is 11.8 Å². The lowest BCUT2D eigenvalue weighted by atomic mass is 10.3. The molecule has 0 unspecified atom stereocenters. The molecular formula is C13H10BrN3O2S. The van der Waals surface area contributed by atoms with E-state index in [-0.39, 0.29) is 0 Å². The highest BCUT2D eigenvalue weighted by Gasteiger charge is 2.11. The normalized spacial score (nSPS) is 10.8. The van der Waals surface area contributed by atoms with Gasteiger partial charge in [-0.25, -0.2) is 0 Å². The standard InChI is InChI=1S/C13H10BrN3O2S/c14-9-6-8(15)3-4-11(9)20-7-12-16-13(17-19-12)10-2-1-5-18-10/h1-6H,7,15H2. The molecular weight excluding hydrogens is 342 g/mol. The quantitative estimate of drug-likeness (QED) is 0.566. The Hall–Kier alpha value is -1.73. The van der Waals surface area contributed by atoms with Crippen LogP contribution >= 0.6 is 27.7 Å². The van der Waals surface area contributed by atoms with Crippen molar-refractivity contribution in [2.24, 2.45) is 0 Å². The number of aromatic nitrogens is 2. The summed E-state index contributed by atoms with van der Waals surface area (Å²) in [6.45, 7) is 0. The highest BCUT2D eigenvalue weighted by Crippen LogP contribution is 2.31. The van der Waals surface area contributed by atoms with Gasteiger partial charge in [-0.1, -0.05) is 5.16 Å². The molecule has 2 aromatic heterocycles. The molecule has 0 radical (unpaired) electrons. The number of nitrogen functional groups attached to an aromatic ring is 1. The molecule has 0 atom stereocenters. The first-order chi connectivity index (χ1) is 9.72. The third kappa shape index (κ3) is 2.88. The maximum absolute atomic E-state index is 5.70. The Labute approximate surface area is 127 Å². The number of benzene rings is 1. The largest absolute Gasteiger partial charge is 0.461 e. The average Bonchev–Trinajstić information content (AvgIpc) is 3.08. The second-order valence-corrected chi connectivity index (χ2v) is 5.84. The number of thioether (sulfide) groups is 1. The first-order valence-electron chi connectivity index (χ1n) is 5.76. The molecule has 0 aliphatic carbocycles. The van der Waals surface area contributed by atoms with Gasteiger partial charge in [-0.2, -0.15) is 4.98 Å². The van der Waals surface area contributed by atoms with Crippen molar-refractivity contribution in [3.05, 3.63) is 47.0 Å². The molecule has 0 amide bonds. The van der Waals surface area contributed by atoms with Crippen molar-refractivity contribution in [2.45, 2.75) is 10.6 Å². The molecule has 2 N–H and O–H groups in total. The van der Waals surface area contributed by atoms with Crippen molar-refractivity contribution < 1.29 is 8.94 Å². The fourth-order valence-electron chi connectivity index (χ4n) is 1.59. The van der Waals surface area contributed by atoms with Crippen LogP contribution in [0, 0.1) is 0 Å². The summed E-state index contributed by atoms with van der Waals surface area (Å²) in [4.78, 5) is 5.35. The number of anilines is 1. The maximum Gasteiger partial charge on any atom is 0.238 e. The average molecular weight is 352 g/mol. The van der Waals surface area contributed by atoms with Crippen LogP contribution in [0.25, 0.3) is 11.6 Å². The van der Waals surface area contributed by atoms with Crippen molar-refractivity contribution >= 4 is 33.4 Å². The highest BCUT2D eigenvalue weighted by atomic mass is 79.9. The van der Waals surface area contributed by atoms with Gasteiger partial charge >= 0.3 is 0 Å². The minimum atomic E-state index is 0.460. The zero-order valence-corrected chi connectivity index (χ0v) is 12.6. The van der Waals surface area contributed by atoms with E-state index in [1.165, 1.54) is 0 Å². The van der Waals surface area contributed by atoms with Crippen LogP contribution < -0.4 is 5.73 Å². The molecule has 0 spiro atoms. The Kier molecular flexibility index (Phi) is 3.79. The Bertz CT molecular complexity index is 712. The van der Waals surface area contributed by atoms with Crippen LogP contribution in [0.3, 0.4) is 0 Å². The Balaban J connectivity index is 1.70. The minimum absolute atomic E-state index is 0.460. The van der Waals surface area contributed by atoms with Gasteiger partial charge in [-0.3, -0.25) is 0 Å². The van der Waals surface area contributed by atoms with Gasteiger partial charge in [0.25, 0.3) is 0 Å². The molecule has 3 aromatic rings. The topological polar surface area (TPSA) is 78.1 Å². The lowest BCUT2D eigenvalue weighted by Crippen LogP contribution is -1.86. The Morgan fingerprint density at radius 3 is 2.95 bits per heavy atom. The lowest BCUT2D eigenvalue weighted by Gasteiger charge is -2.02. The van der Waals surface area contributed by atoms with Gasteiger partial charge in [0, 0.05) is 15.1 Å². The third-order valence-electron chi connectivity index (χ3n) is 2.52. The first kappa shape index (κ1) is 13.3. The molecule has 0 fully saturated rings. The molecule has 1 aromatic carbocycles. The molecule has 0 saturated heterocycles. The second-order valence-electron chi connectivity index (χ2n) is 3.97. The van der Waals surface area contributed by atoms with Crippen LogP contribution in [-0.2, 0) is 5.75 Å². The van der Waals surface area contributed by atoms with E-state index in [0.717, 1.165) is 15.1 Å². The van der Waals surface area contributed by atoms with Crippen molar-refractivity contribution in [2.75, 3.05) is 5.73 Å². The third-order valence-corrected chi connectivity index (χ3v) is 4.49. The molecule has 0 bridgehead atoms. The van der Waals surface area contributed by atoms with Crippen molar-refractivity contribution in [3.63, 3.8) is 0 Å². The number of halogens is 1. The second kappa shape index (κ2) is 5.72. The van der Waals surface area contributed by atoms with E-state index in [1.807, 2.05) is 18.2 Å². The monoisotopic (exact) mass is 351 g/mol. The number of furan rings is 1. The van der Waals surface area contributed by atoms with Crippen molar-refractivity contribution in [3.8, 4) is 11.6 Å². The van der Waals surface area contributed by atoms with Gasteiger partial charge in [0.05, 0.1) is 12.0 Å². The van der Waals surface area contributed by atoms with Gasteiger partial charge in [0.15, 0.2) is 5.76 Å². The van der Waals surface area contributed by atoms with Crippen LogP contribution in [0.1, 0.15) is 5.89 Å². The number of rotatable bonds is 4. The van der Waals surface area contributed by atoms with Crippen LogP contribution in [0.5, 0.6) is 0 Å². The number of nitrogens with zero attached hydrogens (tertiary/aromatic N) is 2. The predicted molar refractivity (Wildman–Crippen MR) is 80.1 cm³/mol. The van der Waals surface area contributed by atoms with Crippen molar-refractivity contribution in [1.82, 2.24) is 10.1 Å². The molecule has 0 aliphatic rings. The summed E-state index contributed by atoms with van der Waals surface area (Å²) in [7, 11) is 0. The highest BCUT2D eigenvalue weighted by molar-refractivity contribution is 9.10. The molecule has 2 heterocycles. The van der Waals surface area contributed by atoms with Gasteiger partial charge in [0.1, 0.15) is 0 Å². The maximum atomic E-state index is 5.70. The van der Waals surface area contributed by atoms with E-state index in [9.17, 15) is 0 Å². The fourth-order valence-corrected chi connectivity index (χ4v) is 3.09. The smallest absolute Gasteiger partial charge is 0.238 e. The van der Waals surface area contributed by atoms with Crippen LogP contribution in [-0.4, -0.2) is 10.1 Å². The minimum Gasteiger partial charge on any atom is -0.461 e. The molecule has 3 rings (SSSR count). The zero-order valence-electron chi connectivity index (χ0n) is 10.2. The predicted octanol–water partition coefficient (Wildman–Crippen LogP) is 3.97. The molecule has 0 aliphatic heterocycles. The summed E-state index contributed by atoms with van der Waals surface area (Å²) < 4.78 is 11.4. The summed E-state index contributed by atoms with van der Waals surface area (Å²) in [6, 6.07) is 9.25. The number of hydrogen-bond acceptors (Lipinski definition) is 6. The lowest BCUT2D eigenvalue weighted by molar-refractivity contribution is 0.390. The molecule has 20 heavy (non-hydrogen) atoms. The van der Waals surface area contributed by atoms with Crippen LogP contribution in [0.2, 0.25) is 0 Å². The first-order valence-corrected chi connectivity index (χ1v) is 7.54. The number of hydrogen-bond donors (Lipinski definition) is 1. The van der Waals surface area contributed by atoms with Crippen molar-refractivity contribution in [1.29, 1.82) is 0 Å². The SMILES string of the molecule is Nc1ccc(SCc2nc(-c3ccco3)no2)c(Br)c1. The number of nitrogens with two attached hydrogens (primary N) is 1. The van der Waals surface area contributed by atoms with E-state index in [0.29, 0.717) is 23.2 Å². The van der Waals surface area contributed by atoms with Gasteiger partial charge < -0.3 is 14.7 Å². The van der Waals surface area contributed by atoms with E-state index < -0.39 is 0 Å². The summed E-state index contributed by atoms with van der Waals surface area (Å²) in [5.41, 5.74) is 6.42. The fraction of sp³-hybridized carbons (Fsp3) is 0.0769. The van der Waals surface area contributed by atoms with Gasteiger partial charge in [0.2, 0.25) is 11.7 Å². The molecule has 5 nitrogen and oxygen atoms in total. The Morgan fingerprint density at radius 1 is 1.30 bits per heavy atom. The van der Waals surface area contributed by atoms with Crippen LogP contribution in [0.4, 0.5) is 5.69 Å².